The number of halogens is 1. The minimum absolute atomic E-state index is 0. The summed E-state index contributed by atoms with van der Waals surface area (Å²) >= 11 is 0. The molecule has 1 rings (SSSR count). The molecule has 1 amide bonds. The van der Waals surface area contributed by atoms with E-state index in [0.29, 0.717) is 6.54 Å². The van der Waals surface area contributed by atoms with E-state index in [1.807, 2.05) is 25.6 Å². The Morgan fingerprint density at radius 3 is 2.35 bits per heavy atom. The maximum atomic E-state index is 11.6. The molecule has 1 heterocycles. The maximum absolute atomic E-state index is 11.6. The highest BCUT2D eigenvalue weighted by molar-refractivity contribution is 5.85. The Labute approximate surface area is 108 Å². The van der Waals surface area contributed by atoms with Gasteiger partial charge in [0, 0.05) is 24.8 Å². The highest BCUT2D eigenvalue weighted by atomic mass is 35.5. The highest BCUT2D eigenvalue weighted by Gasteiger charge is 2.22. The Morgan fingerprint density at radius 2 is 2.00 bits per heavy atom. The summed E-state index contributed by atoms with van der Waals surface area (Å²) < 4.78 is 1.81. The molecule has 0 spiro atoms. The van der Waals surface area contributed by atoms with Crippen LogP contribution in [0.25, 0.3) is 0 Å². The van der Waals surface area contributed by atoms with Crippen LogP contribution < -0.4 is 11.1 Å². The average molecular weight is 261 g/mol. The van der Waals surface area contributed by atoms with Gasteiger partial charge in [0.05, 0.1) is 11.2 Å². The largest absolute Gasteiger partial charge is 0.350 e. The second kappa shape index (κ2) is 5.51. The summed E-state index contributed by atoms with van der Waals surface area (Å²) in [6.45, 7) is 7.76. The number of nitrogens with zero attached hydrogens (tertiary/aromatic N) is 2. The van der Waals surface area contributed by atoms with Crippen LogP contribution in [0.3, 0.4) is 0 Å². The number of amides is 1. The Hall–Kier alpha value is -1.07. The van der Waals surface area contributed by atoms with Gasteiger partial charge < -0.3 is 11.1 Å². The van der Waals surface area contributed by atoms with Crippen molar-refractivity contribution in [3.8, 4) is 0 Å². The molecular weight excluding hydrogens is 240 g/mol. The molecular formula is C11H21ClN4O. The molecule has 0 fully saturated rings. The number of nitrogens with one attached hydrogen (secondary N) is 1. The minimum atomic E-state index is -0.843. The molecule has 5 nitrogen and oxygen atoms in total. The quantitative estimate of drug-likeness (QED) is 0.845. The van der Waals surface area contributed by atoms with Gasteiger partial charge >= 0.3 is 0 Å². The van der Waals surface area contributed by atoms with Gasteiger partial charge in [0.25, 0.3) is 0 Å². The topological polar surface area (TPSA) is 72.9 Å². The zero-order chi connectivity index (χ0) is 12.5. The van der Waals surface area contributed by atoms with Crippen LogP contribution in [-0.2, 0) is 18.4 Å². The molecule has 0 aromatic carbocycles. The number of nitrogens with two attached hydrogens (primary N) is 1. The Kier molecular flexibility index (Phi) is 5.16. The third-order valence-corrected chi connectivity index (χ3v) is 2.67. The van der Waals surface area contributed by atoms with Crippen molar-refractivity contribution in [1.82, 2.24) is 15.1 Å². The van der Waals surface area contributed by atoms with Gasteiger partial charge in [-0.2, -0.15) is 5.10 Å². The van der Waals surface area contributed by atoms with Crippen molar-refractivity contribution in [2.24, 2.45) is 12.8 Å². The fourth-order valence-corrected chi connectivity index (χ4v) is 1.47. The van der Waals surface area contributed by atoms with Gasteiger partial charge in [0.15, 0.2) is 0 Å². The lowest BCUT2D eigenvalue weighted by Crippen LogP contribution is -2.48. The summed E-state index contributed by atoms with van der Waals surface area (Å²) in [6.07, 6.45) is 0. The monoisotopic (exact) mass is 260 g/mol. The Morgan fingerprint density at radius 1 is 1.47 bits per heavy atom. The first-order chi connectivity index (χ1) is 7.23. The van der Waals surface area contributed by atoms with Crippen LogP contribution in [0.15, 0.2) is 0 Å². The lowest BCUT2D eigenvalue weighted by Gasteiger charge is -2.17. The van der Waals surface area contributed by atoms with E-state index >= 15 is 0 Å². The fourth-order valence-electron chi connectivity index (χ4n) is 1.47. The van der Waals surface area contributed by atoms with E-state index in [1.165, 1.54) is 0 Å². The highest BCUT2D eigenvalue weighted by Crippen LogP contribution is 2.11. The first kappa shape index (κ1) is 15.9. The smallest absolute Gasteiger partial charge is 0.239 e. The first-order valence-electron chi connectivity index (χ1n) is 5.29. The fraction of sp³-hybridized carbons (Fsp3) is 0.636. The van der Waals surface area contributed by atoms with Crippen molar-refractivity contribution in [2.45, 2.75) is 39.8 Å². The van der Waals surface area contributed by atoms with Crippen molar-refractivity contribution < 1.29 is 4.79 Å². The zero-order valence-corrected chi connectivity index (χ0v) is 11.8. The lowest BCUT2D eigenvalue weighted by molar-refractivity contribution is -0.125. The third kappa shape index (κ3) is 3.71. The number of hydrogen-bond acceptors (Lipinski definition) is 3. The molecule has 0 atom stereocenters. The third-order valence-electron chi connectivity index (χ3n) is 2.67. The predicted octanol–water partition coefficient (Wildman–Crippen LogP) is 0.812. The van der Waals surface area contributed by atoms with Crippen LogP contribution in [-0.4, -0.2) is 21.2 Å². The van der Waals surface area contributed by atoms with Crippen LogP contribution in [0.5, 0.6) is 0 Å². The normalized spacial score (nSPS) is 10.9. The molecule has 0 saturated carbocycles. The van der Waals surface area contributed by atoms with Crippen LogP contribution in [0.4, 0.5) is 0 Å². The van der Waals surface area contributed by atoms with Gasteiger partial charge in [0.1, 0.15) is 0 Å². The van der Waals surface area contributed by atoms with E-state index in [2.05, 4.69) is 10.4 Å². The van der Waals surface area contributed by atoms with Crippen LogP contribution in [0, 0.1) is 13.8 Å². The van der Waals surface area contributed by atoms with Gasteiger partial charge in [-0.3, -0.25) is 9.48 Å². The summed E-state index contributed by atoms with van der Waals surface area (Å²) in [5, 5.41) is 7.10. The number of hydrogen-bond donors (Lipinski definition) is 2. The molecule has 17 heavy (non-hydrogen) atoms. The minimum Gasteiger partial charge on any atom is -0.350 e. The molecule has 1 aromatic rings. The summed E-state index contributed by atoms with van der Waals surface area (Å²) in [7, 11) is 1.89. The summed E-state index contributed by atoms with van der Waals surface area (Å²) in [4.78, 5) is 11.6. The van der Waals surface area contributed by atoms with Crippen molar-refractivity contribution in [2.75, 3.05) is 0 Å². The Bertz CT molecular complexity index is 406. The van der Waals surface area contributed by atoms with Crippen LogP contribution >= 0.6 is 12.4 Å². The van der Waals surface area contributed by atoms with E-state index in [1.54, 1.807) is 13.8 Å². The van der Waals surface area contributed by atoms with Crippen molar-refractivity contribution >= 4 is 18.3 Å². The Balaban J connectivity index is 0.00000256. The van der Waals surface area contributed by atoms with E-state index in [0.717, 1.165) is 17.0 Å². The van der Waals surface area contributed by atoms with Gasteiger partial charge in [-0.25, -0.2) is 0 Å². The molecule has 0 aliphatic heterocycles. The van der Waals surface area contributed by atoms with Crippen LogP contribution in [0.1, 0.15) is 30.8 Å². The molecule has 0 aliphatic carbocycles. The van der Waals surface area contributed by atoms with Crippen molar-refractivity contribution in [1.29, 1.82) is 0 Å². The predicted molar refractivity (Wildman–Crippen MR) is 70.0 cm³/mol. The van der Waals surface area contributed by atoms with E-state index in [4.69, 9.17) is 5.73 Å². The molecule has 6 heteroatoms. The second-order valence-electron chi connectivity index (χ2n) is 4.68. The number of carbonyl (C=O) groups excluding carboxylic acids is 1. The van der Waals surface area contributed by atoms with Gasteiger partial charge in [0.2, 0.25) is 5.91 Å². The van der Waals surface area contributed by atoms with E-state index in [9.17, 15) is 4.79 Å². The SMILES string of the molecule is Cc1nn(C)c(C)c1CNC(=O)C(C)(C)N.Cl. The van der Waals surface area contributed by atoms with Gasteiger partial charge in [-0.1, -0.05) is 0 Å². The van der Waals surface area contributed by atoms with Crippen molar-refractivity contribution in [3.05, 3.63) is 17.0 Å². The molecule has 3 N–H and O–H groups in total. The summed E-state index contributed by atoms with van der Waals surface area (Å²) in [5.41, 5.74) is 7.91. The molecule has 98 valence electrons. The number of carbonyl (C=O) groups is 1. The second-order valence-corrected chi connectivity index (χ2v) is 4.68. The first-order valence-corrected chi connectivity index (χ1v) is 5.29. The summed E-state index contributed by atoms with van der Waals surface area (Å²) in [5.74, 6) is -0.157. The van der Waals surface area contributed by atoms with Crippen molar-refractivity contribution in [3.63, 3.8) is 0 Å². The zero-order valence-electron chi connectivity index (χ0n) is 11.0. The van der Waals surface area contributed by atoms with Gasteiger partial charge in [-0.05, 0) is 27.7 Å². The average Bonchev–Trinajstić information content (AvgIpc) is 2.37. The molecule has 1 aromatic heterocycles. The van der Waals surface area contributed by atoms with E-state index in [-0.39, 0.29) is 18.3 Å². The van der Waals surface area contributed by atoms with Gasteiger partial charge in [-0.15, -0.1) is 12.4 Å². The molecule has 0 aliphatic rings. The molecule has 0 saturated heterocycles. The lowest BCUT2D eigenvalue weighted by atomic mass is 10.1. The number of rotatable bonds is 3. The standard InChI is InChI=1S/C11H20N4O.ClH/c1-7-9(8(2)15(5)14-7)6-13-10(16)11(3,4)12;/h6,12H2,1-5H3,(H,13,16);1H. The van der Waals surface area contributed by atoms with Crippen LogP contribution in [0.2, 0.25) is 0 Å². The number of aromatic nitrogens is 2. The molecule has 0 bridgehead atoms. The van der Waals surface area contributed by atoms with E-state index < -0.39 is 5.54 Å². The number of aryl methyl sites for hydroxylation is 2. The molecule has 0 unspecified atom stereocenters. The maximum Gasteiger partial charge on any atom is 0.239 e. The summed E-state index contributed by atoms with van der Waals surface area (Å²) in [6, 6.07) is 0. The molecule has 0 radical (unpaired) electrons.